The summed E-state index contributed by atoms with van der Waals surface area (Å²) in [6, 6.07) is 5.33. The van der Waals surface area contributed by atoms with Crippen LogP contribution in [0.15, 0.2) is 34.8 Å². The van der Waals surface area contributed by atoms with Gasteiger partial charge in [-0.15, -0.1) is 0 Å². The summed E-state index contributed by atoms with van der Waals surface area (Å²) in [4.78, 5) is 30.1. The summed E-state index contributed by atoms with van der Waals surface area (Å²) in [7, 11) is 1.53. The topological polar surface area (TPSA) is 85.2 Å². The molecule has 36 heavy (non-hydrogen) atoms. The first kappa shape index (κ1) is 27.9. The van der Waals surface area contributed by atoms with E-state index in [-0.39, 0.29) is 41.7 Å². The molecule has 2 aliphatic rings. The fraction of sp³-hybridized carbons (Fsp3) is 0.633. The second-order valence-electron chi connectivity index (χ2n) is 10.9. The summed E-state index contributed by atoms with van der Waals surface area (Å²) in [5.41, 5.74) is 2.21. The van der Waals surface area contributed by atoms with Gasteiger partial charge in [-0.1, -0.05) is 39.3 Å². The third-order valence-corrected chi connectivity index (χ3v) is 7.82. The molecule has 1 heterocycles. The SMILES string of the molecule is CC[C@@H]1CC[C@H](C2=CCN=C2)[C@@H]([C@H](CC(=O)C[C@H](CC(C)C)c2ccc(O)c(OC)c2)OC(C)=O)C1. The highest BCUT2D eigenvalue weighted by Crippen LogP contribution is 2.43. The van der Waals surface area contributed by atoms with Gasteiger partial charge >= 0.3 is 5.97 Å². The highest BCUT2D eigenvalue weighted by atomic mass is 16.5. The Kier molecular flexibility index (Phi) is 10.1. The lowest BCUT2D eigenvalue weighted by Crippen LogP contribution is -2.39. The van der Waals surface area contributed by atoms with Crippen LogP contribution in [-0.2, 0) is 14.3 Å². The summed E-state index contributed by atoms with van der Waals surface area (Å²) in [6.07, 6.45) is 9.38. The number of ketones is 1. The van der Waals surface area contributed by atoms with Crippen LogP contribution in [0.1, 0.15) is 84.1 Å². The van der Waals surface area contributed by atoms with E-state index in [2.05, 4.69) is 31.8 Å². The van der Waals surface area contributed by atoms with Crippen molar-refractivity contribution in [2.24, 2.45) is 28.7 Å². The molecule has 1 aromatic carbocycles. The molecule has 1 N–H and O–H groups in total. The number of hydrogen-bond acceptors (Lipinski definition) is 6. The molecule has 3 rings (SSSR count). The van der Waals surface area contributed by atoms with Gasteiger partial charge in [0.25, 0.3) is 0 Å². The van der Waals surface area contributed by atoms with Gasteiger partial charge in [0.2, 0.25) is 0 Å². The number of esters is 1. The first-order valence-corrected chi connectivity index (χ1v) is 13.5. The van der Waals surface area contributed by atoms with E-state index >= 15 is 0 Å². The predicted octanol–water partition coefficient (Wildman–Crippen LogP) is 6.26. The molecule has 1 aliphatic heterocycles. The molecule has 0 unspecified atom stereocenters. The van der Waals surface area contributed by atoms with Crippen molar-refractivity contribution in [3.05, 3.63) is 35.4 Å². The quantitative estimate of drug-likeness (QED) is 0.344. The highest BCUT2D eigenvalue weighted by Gasteiger charge is 2.39. The zero-order chi connectivity index (χ0) is 26.2. The van der Waals surface area contributed by atoms with Gasteiger partial charge in [0.1, 0.15) is 11.9 Å². The van der Waals surface area contributed by atoms with Crippen LogP contribution in [0.3, 0.4) is 0 Å². The molecule has 0 amide bonds. The Hall–Kier alpha value is -2.63. The van der Waals surface area contributed by atoms with E-state index in [4.69, 9.17) is 9.47 Å². The summed E-state index contributed by atoms with van der Waals surface area (Å²) in [6.45, 7) is 8.65. The smallest absolute Gasteiger partial charge is 0.302 e. The van der Waals surface area contributed by atoms with E-state index in [9.17, 15) is 14.7 Å². The number of phenolic OH excluding ortho intramolecular Hbond substituents is 1. The molecule has 6 nitrogen and oxygen atoms in total. The van der Waals surface area contributed by atoms with Gasteiger partial charge in [-0.2, -0.15) is 0 Å². The number of carbonyl (C=O) groups is 2. The number of aromatic hydroxyl groups is 1. The van der Waals surface area contributed by atoms with Crippen molar-refractivity contribution >= 4 is 18.0 Å². The van der Waals surface area contributed by atoms with Crippen molar-refractivity contribution in [3.63, 3.8) is 0 Å². The average molecular weight is 498 g/mol. The zero-order valence-corrected chi connectivity index (χ0v) is 22.5. The number of hydrogen-bond donors (Lipinski definition) is 1. The molecule has 0 aromatic heterocycles. The molecule has 0 bridgehead atoms. The number of aliphatic imine (C=N–C) groups is 1. The number of benzene rings is 1. The average Bonchev–Trinajstić information content (AvgIpc) is 3.37. The third kappa shape index (κ3) is 7.44. The van der Waals surface area contributed by atoms with Crippen molar-refractivity contribution in [1.82, 2.24) is 0 Å². The molecule has 0 radical (unpaired) electrons. The standard InChI is InChI=1S/C30H43NO5/c1-6-21-7-9-26(23-11-12-31-18-23)27(14-21)29(36-20(4)32)17-25(33)15-24(13-19(2)3)22-8-10-28(34)30(16-22)35-5/h8,10-11,16,18-19,21,24,26-27,29,34H,6-7,9,12-15,17H2,1-5H3/t21-,24+,26-,27+,29+/m1/s1. The number of nitrogens with zero attached hydrogens (tertiary/aromatic N) is 1. The summed E-state index contributed by atoms with van der Waals surface area (Å²) >= 11 is 0. The maximum atomic E-state index is 13.5. The van der Waals surface area contributed by atoms with Crippen LogP contribution in [0, 0.1) is 23.7 Å². The van der Waals surface area contributed by atoms with Crippen LogP contribution < -0.4 is 4.74 Å². The van der Waals surface area contributed by atoms with Gasteiger partial charge in [-0.25, -0.2) is 0 Å². The predicted molar refractivity (Wildman–Crippen MR) is 143 cm³/mol. The Labute approximate surface area is 216 Å². The van der Waals surface area contributed by atoms with E-state index in [0.29, 0.717) is 30.6 Å². The summed E-state index contributed by atoms with van der Waals surface area (Å²) in [5.74, 6) is 1.63. The number of rotatable bonds is 12. The number of methoxy groups -OCH3 is 1. The van der Waals surface area contributed by atoms with Crippen molar-refractivity contribution in [2.75, 3.05) is 13.7 Å². The van der Waals surface area contributed by atoms with Gasteiger partial charge < -0.3 is 14.6 Å². The van der Waals surface area contributed by atoms with Gasteiger partial charge in [0.15, 0.2) is 11.5 Å². The zero-order valence-electron chi connectivity index (χ0n) is 22.5. The molecule has 1 fully saturated rings. The van der Waals surface area contributed by atoms with Crippen molar-refractivity contribution in [2.45, 2.75) is 84.7 Å². The van der Waals surface area contributed by atoms with Crippen LogP contribution in [0.4, 0.5) is 0 Å². The fourth-order valence-corrected chi connectivity index (χ4v) is 6.04. The Morgan fingerprint density at radius 3 is 2.58 bits per heavy atom. The second-order valence-corrected chi connectivity index (χ2v) is 10.9. The maximum absolute atomic E-state index is 13.5. The van der Waals surface area contributed by atoms with Gasteiger partial charge in [-0.3, -0.25) is 14.6 Å². The monoisotopic (exact) mass is 497 g/mol. The number of phenols is 1. The number of allylic oxidation sites excluding steroid dienone is 1. The van der Waals surface area contributed by atoms with Gasteiger partial charge in [0, 0.05) is 31.9 Å². The van der Waals surface area contributed by atoms with Gasteiger partial charge in [0.05, 0.1) is 13.7 Å². The second kappa shape index (κ2) is 13.1. The lowest BCUT2D eigenvalue weighted by atomic mass is 9.67. The van der Waals surface area contributed by atoms with Crippen LogP contribution >= 0.6 is 0 Å². The summed E-state index contributed by atoms with van der Waals surface area (Å²) in [5, 5.41) is 10.0. The first-order chi connectivity index (χ1) is 17.2. The van der Waals surface area contributed by atoms with E-state index in [1.807, 2.05) is 18.3 Å². The molecular weight excluding hydrogens is 454 g/mol. The third-order valence-electron chi connectivity index (χ3n) is 7.82. The minimum absolute atomic E-state index is 0.000180. The Balaban J connectivity index is 1.81. The fourth-order valence-electron chi connectivity index (χ4n) is 6.04. The van der Waals surface area contributed by atoms with Crippen LogP contribution in [0.2, 0.25) is 0 Å². The van der Waals surface area contributed by atoms with E-state index in [1.54, 1.807) is 6.07 Å². The minimum atomic E-state index is -0.432. The van der Waals surface area contributed by atoms with Gasteiger partial charge in [-0.05, 0) is 72.6 Å². The van der Waals surface area contributed by atoms with Crippen LogP contribution in [0.25, 0.3) is 0 Å². The minimum Gasteiger partial charge on any atom is -0.504 e. The molecule has 6 heteroatoms. The molecule has 1 aromatic rings. The van der Waals surface area contributed by atoms with E-state index in [0.717, 1.165) is 37.7 Å². The van der Waals surface area contributed by atoms with Crippen molar-refractivity contribution < 1.29 is 24.2 Å². The molecular formula is C30H43NO5. The maximum Gasteiger partial charge on any atom is 0.302 e. The molecule has 1 saturated carbocycles. The van der Waals surface area contributed by atoms with Crippen LogP contribution in [-0.4, -0.2) is 42.8 Å². The lowest BCUT2D eigenvalue weighted by Gasteiger charge is -2.40. The Bertz CT molecular complexity index is 966. The Morgan fingerprint density at radius 1 is 1.19 bits per heavy atom. The molecule has 0 saturated heterocycles. The highest BCUT2D eigenvalue weighted by molar-refractivity contribution is 5.82. The number of carbonyl (C=O) groups excluding carboxylic acids is 2. The van der Waals surface area contributed by atoms with Crippen LogP contribution in [0.5, 0.6) is 11.5 Å². The van der Waals surface area contributed by atoms with Crippen molar-refractivity contribution in [1.29, 1.82) is 0 Å². The van der Waals surface area contributed by atoms with Crippen molar-refractivity contribution in [3.8, 4) is 11.5 Å². The Morgan fingerprint density at radius 2 is 1.97 bits per heavy atom. The summed E-state index contributed by atoms with van der Waals surface area (Å²) < 4.78 is 11.2. The molecule has 0 spiro atoms. The first-order valence-electron chi connectivity index (χ1n) is 13.5. The normalized spacial score (nSPS) is 23.3. The number of ether oxygens (including phenoxy) is 2. The largest absolute Gasteiger partial charge is 0.504 e. The molecule has 1 aliphatic carbocycles. The molecule has 198 valence electrons. The van der Waals surface area contributed by atoms with E-state index < -0.39 is 6.10 Å². The van der Waals surface area contributed by atoms with E-state index in [1.165, 1.54) is 19.6 Å². The molecule has 5 atom stereocenters. The lowest BCUT2D eigenvalue weighted by molar-refractivity contribution is -0.152. The number of Topliss-reactive ketones (excluding diaryl/α,β-unsaturated/α-hetero) is 1.